The van der Waals surface area contributed by atoms with Gasteiger partial charge in [0.05, 0.1) is 4.90 Å². The molecule has 76 valence electrons. The highest BCUT2D eigenvalue weighted by atomic mass is 32.2. The summed E-state index contributed by atoms with van der Waals surface area (Å²) in [6, 6.07) is 1.48. The number of phenolic OH excluding ortho intramolecular Hbond substituents is 2. The van der Waals surface area contributed by atoms with Crippen LogP contribution < -0.4 is 5.73 Å². The smallest absolute Gasteiger partial charge is 0.156 e. The van der Waals surface area contributed by atoms with Crippen molar-refractivity contribution in [2.24, 2.45) is 5.73 Å². The SMILES string of the molecule is Cc1cc(O)c(C)c(SC(=N)N)c1O. The van der Waals surface area contributed by atoms with E-state index in [1.54, 1.807) is 13.8 Å². The summed E-state index contributed by atoms with van der Waals surface area (Å²) in [5, 5.41) is 26.1. The topological polar surface area (TPSA) is 90.3 Å². The van der Waals surface area contributed by atoms with Gasteiger partial charge in [0.15, 0.2) is 5.17 Å². The molecule has 0 atom stereocenters. The molecule has 0 fully saturated rings. The average Bonchev–Trinajstić information content (AvgIpc) is 2.09. The molecule has 0 radical (unpaired) electrons. The number of nitrogens with one attached hydrogen (secondary N) is 1. The molecule has 0 saturated heterocycles. The third-order valence-electron chi connectivity index (χ3n) is 1.88. The standard InChI is InChI=1S/C9H12N2O2S/c1-4-3-6(12)5(2)8(7(4)13)14-9(10)11/h3,12-13H,1-2H3,(H3,10,11). The van der Waals surface area contributed by atoms with Crippen molar-refractivity contribution in [2.45, 2.75) is 18.7 Å². The minimum atomic E-state index is -0.117. The van der Waals surface area contributed by atoms with Crippen molar-refractivity contribution in [3.05, 3.63) is 17.2 Å². The first-order chi connectivity index (χ1) is 6.43. The zero-order chi connectivity index (χ0) is 10.9. The van der Waals surface area contributed by atoms with Crippen LogP contribution in [0, 0.1) is 19.3 Å². The molecule has 5 heteroatoms. The minimum absolute atomic E-state index is 0.0699. The second-order valence-electron chi connectivity index (χ2n) is 2.98. The van der Waals surface area contributed by atoms with Crippen LogP contribution in [0.25, 0.3) is 0 Å². The molecule has 0 heterocycles. The van der Waals surface area contributed by atoms with Gasteiger partial charge in [0.25, 0.3) is 0 Å². The molecule has 0 spiro atoms. The van der Waals surface area contributed by atoms with Crippen LogP contribution in [-0.2, 0) is 0 Å². The zero-order valence-electron chi connectivity index (χ0n) is 7.96. The summed E-state index contributed by atoms with van der Waals surface area (Å²) in [6.45, 7) is 3.35. The summed E-state index contributed by atoms with van der Waals surface area (Å²) in [5.74, 6) is 0.171. The van der Waals surface area contributed by atoms with Crippen LogP contribution in [0.5, 0.6) is 11.5 Å². The van der Waals surface area contributed by atoms with E-state index in [1.807, 2.05) is 0 Å². The van der Waals surface area contributed by atoms with Crippen molar-refractivity contribution in [1.82, 2.24) is 0 Å². The number of phenols is 2. The Morgan fingerprint density at radius 3 is 2.50 bits per heavy atom. The Balaban J connectivity index is 3.31. The van der Waals surface area contributed by atoms with E-state index in [2.05, 4.69) is 0 Å². The number of thioether (sulfide) groups is 1. The van der Waals surface area contributed by atoms with E-state index in [9.17, 15) is 10.2 Å². The first-order valence-corrected chi connectivity index (χ1v) is 4.79. The fourth-order valence-electron chi connectivity index (χ4n) is 1.09. The molecule has 4 nitrogen and oxygen atoms in total. The predicted octanol–water partition coefficient (Wildman–Crippen LogP) is 1.70. The quantitative estimate of drug-likeness (QED) is 0.247. The van der Waals surface area contributed by atoms with Crippen molar-refractivity contribution >= 4 is 16.9 Å². The van der Waals surface area contributed by atoms with Crippen molar-refractivity contribution in [1.29, 1.82) is 5.41 Å². The Morgan fingerprint density at radius 2 is 2.00 bits per heavy atom. The maximum absolute atomic E-state index is 9.67. The van der Waals surface area contributed by atoms with Gasteiger partial charge in [-0.3, -0.25) is 5.41 Å². The zero-order valence-corrected chi connectivity index (χ0v) is 8.77. The number of hydrogen-bond acceptors (Lipinski definition) is 4. The normalized spacial score (nSPS) is 10.1. The van der Waals surface area contributed by atoms with Crippen LogP contribution in [0.2, 0.25) is 0 Å². The number of benzene rings is 1. The van der Waals surface area contributed by atoms with Crippen LogP contribution in [0.4, 0.5) is 0 Å². The highest BCUT2D eigenvalue weighted by molar-refractivity contribution is 8.13. The molecular formula is C9H12N2O2S. The van der Waals surface area contributed by atoms with Gasteiger partial charge in [0.1, 0.15) is 11.5 Å². The van der Waals surface area contributed by atoms with Crippen molar-refractivity contribution in [2.75, 3.05) is 0 Å². The molecule has 0 aliphatic rings. The predicted molar refractivity (Wildman–Crippen MR) is 57.0 cm³/mol. The van der Waals surface area contributed by atoms with Crippen molar-refractivity contribution in [3.8, 4) is 11.5 Å². The Hall–Kier alpha value is -1.36. The third kappa shape index (κ3) is 1.93. The van der Waals surface area contributed by atoms with E-state index in [0.717, 1.165) is 11.8 Å². The van der Waals surface area contributed by atoms with Gasteiger partial charge < -0.3 is 15.9 Å². The second kappa shape index (κ2) is 3.79. The molecule has 0 saturated carbocycles. The van der Waals surface area contributed by atoms with E-state index in [0.29, 0.717) is 16.0 Å². The summed E-state index contributed by atoms with van der Waals surface area (Å²) >= 11 is 0.931. The average molecular weight is 212 g/mol. The fourth-order valence-corrected chi connectivity index (χ4v) is 1.82. The van der Waals surface area contributed by atoms with Crippen LogP contribution in [-0.4, -0.2) is 15.4 Å². The lowest BCUT2D eigenvalue weighted by atomic mass is 10.1. The molecule has 1 aromatic carbocycles. The summed E-state index contributed by atoms with van der Waals surface area (Å²) in [4.78, 5) is 0.440. The van der Waals surface area contributed by atoms with Crippen LogP contribution in [0.1, 0.15) is 11.1 Å². The Kier molecular flexibility index (Phi) is 2.90. The monoisotopic (exact) mass is 212 g/mol. The van der Waals surface area contributed by atoms with Crippen molar-refractivity contribution < 1.29 is 10.2 Å². The largest absolute Gasteiger partial charge is 0.508 e. The summed E-state index contributed by atoms with van der Waals surface area (Å²) in [7, 11) is 0. The van der Waals surface area contributed by atoms with Gasteiger partial charge in [-0.25, -0.2) is 0 Å². The first-order valence-electron chi connectivity index (χ1n) is 3.97. The maximum Gasteiger partial charge on any atom is 0.156 e. The Bertz CT molecular complexity index is 365. The first kappa shape index (κ1) is 10.7. The molecular weight excluding hydrogens is 200 g/mol. The number of hydrogen-bond donors (Lipinski definition) is 4. The summed E-state index contributed by atoms with van der Waals surface area (Å²) in [5.41, 5.74) is 6.32. The van der Waals surface area contributed by atoms with Gasteiger partial charge in [-0.15, -0.1) is 0 Å². The van der Waals surface area contributed by atoms with E-state index < -0.39 is 0 Å². The van der Waals surface area contributed by atoms with E-state index >= 15 is 0 Å². The fraction of sp³-hybridized carbons (Fsp3) is 0.222. The Morgan fingerprint density at radius 1 is 1.43 bits per heavy atom. The van der Waals surface area contributed by atoms with Gasteiger partial charge in [0.2, 0.25) is 0 Å². The van der Waals surface area contributed by atoms with Crippen molar-refractivity contribution in [3.63, 3.8) is 0 Å². The maximum atomic E-state index is 9.67. The van der Waals surface area contributed by atoms with Crippen LogP contribution in [0.15, 0.2) is 11.0 Å². The molecule has 0 unspecified atom stereocenters. The molecule has 0 amide bonds. The highest BCUT2D eigenvalue weighted by Gasteiger charge is 2.13. The van der Waals surface area contributed by atoms with Gasteiger partial charge in [-0.2, -0.15) is 0 Å². The molecule has 0 aromatic heterocycles. The van der Waals surface area contributed by atoms with E-state index in [1.165, 1.54) is 6.07 Å². The lowest BCUT2D eigenvalue weighted by molar-refractivity contribution is 0.441. The molecule has 1 rings (SSSR count). The lowest BCUT2D eigenvalue weighted by Crippen LogP contribution is -2.04. The number of aryl methyl sites for hydroxylation is 1. The lowest BCUT2D eigenvalue weighted by Gasteiger charge is -2.10. The van der Waals surface area contributed by atoms with E-state index in [-0.39, 0.29) is 16.7 Å². The number of amidine groups is 1. The second-order valence-corrected chi connectivity index (χ2v) is 4.03. The molecule has 0 aliphatic carbocycles. The van der Waals surface area contributed by atoms with Crippen LogP contribution in [0.3, 0.4) is 0 Å². The molecule has 1 aromatic rings. The van der Waals surface area contributed by atoms with E-state index in [4.69, 9.17) is 11.1 Å². The van der Waals surface area contributed by atoms with Gasteiger partial charge in [-0.05, 0) is 37.2 Å². The summed E-state index contributed by atoms with van der Waals surface area (Å²) in [6.07, 6.45) is 0. The van der Waals surface area contributed by atoms with Crippen LogP contribution >= 0.6 is 11.8 Å². The summed E-state index contributed by atoms with van der Waals surface area (Å²) < 4.78 is 0. The Labute approximate surface area is 86.3 Å². The minimum Gasteiger partial charge on any atom is -0.508 e. The molecule has 0 aliphatic heterocycles. The van der Waals surface area contributed by atoms with Gasteiger partial charge in [0, 0.05) is 5.56 Å². The number of nitrogens with two attached hydrogens (primary N) is 1. The highest BCUT2D eigenvalue weighted by Crippen LogP contribution is 2.38. The van der Waals surface area contributed by atoms with Gasteiger partial charge in [-0.1, -0.05) is 0 Å². The third-order valence-corrected chi connectivity index (χ3v) is 2.80. The molecule has 0 bridgehead atoms. The molecule has 14 heavy (non-hydrogen) atoms. The number of rotatable bonds is 1. The van der Waals surface area contributed by atoms with Gasteiger partial charge >= 0.3 is 0 Å². The number of aromatic hydroxyl groups is 2. The molecule has 5 N–H and O–H groups in total.